The van der Waals surface area contributed by atoms with Gasteiger partial charge in [-0.25, -0.2) is 8.42 Å². The Balaban J connectivity index is 0.000000391. The number of aromatic nitrogens is 1. The highest BCUT2D eigenvalue weighted by molar-refractivity contribution is 7.94. The molecular weight excluding hydrogens is 434 g/mol. The molecule has 7 nitrogen and oxygen atoms in total. The molecule has 9 heteroatoms. The molecule has 2 fully saturated rings. The van der Waals surface area contributed by atoms with Gasteiger partial charge in [0, 0.05) is 17.4 Å². The first-order chi connectivity index (χ1) is 14.8. The van der Waals surface area contributed by atoms with Crippen molar-refractivity contribution in [1.29, 1.82) is 0 Å². The Labute approximate surface area is 188 Å². The van der Waals surface area contributed by atoms with Gasteiger partial charge in [-0.15, -0.1) is 0 Å². The fourth-order valence-corrected chi connectivity index (χ4v) is 5.77. The van der Waals surface area contributed by atoms with E-state index in [1.54, 1.807) is 6.07 Å². The van der Waals surface area contributed by atoms with Crippen molar-refractivity contribution in [2.24, 2.45) is 0 Å². The number of hydrogen-bond donors (Lipinski definition) is 2. The molecule has 1 aliphatic carbocycles. The first kappa shape index (κ1) is 23.5. The monoisotopic (exact) mass is 463 g/mol. The van der Waals surface area contributed by atoms with Crippen molar-refractivity contribution < 1.29 is 18.0 Å². The molecule has 1 saturated carbocycles. The third-order valence-corrected chi connectivity index (χ3v) is 8.05. The van der Waals surface area contributed by atoms with Gasteiger partial charge in [-0.05, 0) is 12.1 Å². The van der Waals surface area contributed by atoms with Gasteiger partial charge >= 0.3 is 0 Å². The van der Waals surface area contributed by atoms with E-state index in [9.17, 15) is 18.0 Å². The highest BCUT2D eigenvalue weighted by atomic mass is 32.2. The second-order valence-electron chi connectivity index (χ2n) is 8.08. The van der Waals surface area contributed by atoms with Crippen molar-refractivity contribution >= 4 is 45.2 Å². The topological polar surface area (TPSA) is 96.4 Å². The quantitative estimate of drug-likeness (QED) is 0.680. The predicted octanol–water partition coefficient (Wildman–Crippen LogP) is 2.70. The first-order valence-electron chi connectivity index (χ1n) is 10.5. The number of carbonyl (C=O) groups excluding carboxylic acids is 2. The van der Waals surface area contributed by atoms with Crippen LogP contribution in [-0.2, 0) is 26.0 Å². The number of piperazine rings is 1. The molecule has 0 bridgehead atoms. The van der Waals surface area contributed by atoms with E-state index >= 15 is 0 Å². The maximum Gasteiger partial charge on any atom is 0.265 e. The number of pyridine rings is 1. The van der Waals surface area contributed by atoms with Gasteiger partial charge in [-0.3, -0.25) is 14.6 Å². The van der Waals surface area contributed by atoms with Crippen LogP contribution in [-0.4, -0.2) is 53.5 Å². The summed E-state index contributed by atoms with van der Waals surface area (Å²) >= 11 is 4.00. The zero-order chi connectivity index (χ0) is 22.5. The first-order valence-corrected chi connectivity index (χ1v) is 13.0. The fourth-order valence-electron chi connectivity index (χ4n) is 3.87. The standard InChI is InChI=1S/C16H17N3O4S2.C6H12/c1-25(22,23)16(10-24)15(21)19(9-14(20)18-16)8-12-7-6-11-4-2-3-5-13(11)17-12;1-2-4-6-5-3-1/h2-7,24H,8-10H2,1H3,(H,18,20);1-6H2/t16-;/m0./s1. The summed E-state index contributed by atoms with van der Waals surface area (Å²) in [5, 5.41) is 3.25. The lowest BCUT2D eigenvalue weighted by atomic mass is 10.0. The number of nitrogens with one attached hydrogen (secondary N) is 1. The van der Waals surface area contributed by atoms with E-state index in [1.165, 1.54) is 43.4 Å². The molecule has 2 heterocycles. The van der Waals surface area contributed by atoms with E-state index in [-0.39, 0.29) is 18.8 Å². The highest BCUT2D eigenvalue weighted by Gasteiger charge is 2.53. The number of sulfone groups is 1. The van der Waals surface area contributed by atoms with Crippen LogP contribution in [0.2, 0.25) is 0 Å². The zero-order valence-corrected chi connectivity index (χ0v) is 19.4. The summed E-state index contributed by atoms with van der Waals surface area (Å²) in [5.41, 5.74) is 1.33. The lowest BCUT2D eigenvalue weighted by molar-refractivity contribution is -0.145. The van der Waals surface area contributed by atoms with E-state index in [1.807, 2.05) is 30.3 Å². The fraction of sp³-hybridized carbons (Fsp3) is 0.500. The molecule has 1 atom stereocenters. The van der Waals surface area contributed by atoms with Crippen LogP contribution in [0.15, 0.2) is 36.4 Å². The van der Waals surface area contributed by atoms with Gasteiger partial charge in [0.05, 0.1) is 17.8 Å². The summed E-state index contributed by atoms with van der Waals surface area (Å²) in [7, 11) is -3.90. The Kier molecular flexibility index (Phi) is 7.59. The molecule has 1 aromatic carbocycles. The third kappa shape index (κ3) is 5.38. The van der Waals surface area contributed by atoms with Crippen molar-refractivity contribution in [3.63, 3.8) is 0 Å². The average Bonchev–Trinajstić information content (AvgIpc) is 2.77. The van der Waals surface area contributed by atoms with Crippen LogP contribution in [0.25, 0.3) is 10.9 Å². The van der Waals surface area contributed by atoms with Gasteiger partial charge in [0.15, 0.2) is 9.84 Å². The van der Waals surface area contributed by atoms with Gasteiger partial charge in [0.2, 0.25) is 10.8 Å². The maximum atomic E-state index is 12.8. The Bertz CT molecular complexity index is 1040. The van der Waals surface area contributed by atoms with Crippen LogP contribution in [0, 0.1) is 0 Å². The number of amides is 2. The molecule has 2 amide bonds. The number of benzene rings is 1. The number of para-hydroxylation sites is 1. The smallest absolute Gasteiger partial charge is 0.265 e. The molecule has 0 spiro atoms. The molecule has 0 radical (unpaired) electrons. The summed E-state index contributed by atoms with van der Waals surface area (Å²) in [6, 6.07) is 11.1. The molecule has 168 valence electrons. The van der Waals surface area contributed by atoms with Crippen molar-refractivity contribution in [3.8, 4) is 0 Å². The molecule has 31 heavy (non-hydrogen) atoms. The normalized spacial score (nSPS) is 21.9. The Hall–Kier alpha value is -2.13. The summed E-state index contributed by atoms with van der Waals surface area (Å²) in [6.45, 7) is -0.180. The number of fused-ring (bicyclic) bond motifs is 1. The minimum atomic E-state index is -3.90. The van der Waals surface area contributed by atoms with Crippen LogP contribution in [0.5, 0.6) is 0 Å². The zero-order valence-electron chi connectivity index (χ0n) is 17.7. The average molecular weight is 464 g/mol. The molecular formula is C22H29N3O4S2. The van der Waals surface area contributed by atoms with Gasteiger partial charge in [-0.1, -0.05) is 62.8 Å². The van der Waals surface area contributed by atoms with Gasteiger partial charge in [-0.2, -0.15) is 12.6 Å². The molecule has 0 unspecified atom stereocenters. The molecule has 1 aromatic heterocycles. The molecule has 1 aliphatic heterocycles. The van der Waals surface area contributed by atoms with Crippen molar-refractivity contribution in [2.45, 2.75) is 49.9 Å². The lowest BCUT2D eigenvalue weighted by Crippen LogP contribution is -2.70. The van der Waals surface area contributed by atoms with Crippen LogP contribution in [0.4, 0.5) is 0 Å². The van der Waals surface area contributed by atoms with Gasteiger partial charge < -0.3 is 10.2 Å². The number of thiol groups is 1. The minimum Gasteiger partial charge on any atom is -0.327 e. The van der Waals surface area contributed by atoms with Gasteiger partial charge in [0.25, 0.3) is 5.91 Å². The summed E-state index contributed by atoms with van der Waals surface area (Å²) in [6.07, 6.45) is 9.92. The molecule has 1 N–H and O–H groups in total. The SMILES string of the molecule is C1CCCCC1.CS(=O)(=O)[C@]1(CS)NC(=O)CN(Cc2ccc3ccccc3n2)C1=O. The Morgan fingerprint density at radius 1 is 1.03 bits per heavy atom. The Morgan fingerprint density at radius 3 is 2.23 bits per heavy atom. The number of carbonyl (C=O) groups is 2. The number of nitrogens with zero attached hydrogens (tertiary/aromatic N) is 2. The third-order valence-electron chi connectivity index (χ3n) is 5.67. The second-order valence-corrected chi connectivity index (χ2v) is 10.6. The van der Waals surface area contributed by atoms with Crippen LogP contribution in [0.3, 0.4) is 0 Å². The summed E-state index contributed by atoms with van der Waals surface area (Å²) < 4.78 is 24.3. The van der Waals surface area contributed by atoms with Crippen molar-refractivity contribution in [2.75, 3.05) is 18.6 Å². The predicted molar refractivity (Wildman–Crippen MR) is 124 cm³/mol. The number of rotatable bonds is 4. The molecule has 4 rings (SSSR count). The van der Waals surface area contributed by atoms with Crippen LogP contribution in [0.1, 0.15) is 44.2 Å². The summed E-state index contributed by atoms with van der Waals surface area (Å²) in [5.74, 6) is -1.57. The van der Waals surface area contributed by atoms with Crippen molar-refractivity contribution in [3.05, 3.63) is 42.1 Å². The molecule has 1 saturated heterocycles. The Morgan fingerprint density at radius 2 is 1.65 bits per heavy atom. The lowest BCUT2D eigenvalue weighted by Gasteiger charge is -2.39. The van der Waals surface area contributed by atoms with Crippen molar-refractivity contribution in [1.82, 2.24) is 15.2 Å². The van der Waals surface area contributed by atoms with E-state index in [2.05, 4.69) is 22.9 Å². The van der Waals surface area contributed by atoms with E-state index in [0.29, 0.717) is 5.69 Å². The van der Waals surface area contributed by atoms with Crippen LogP contribution >= 0.6 is 12.6 Å². The second kappa shape index (κ2) is 9.99. The molecule has 2 aliphatic rings. The van der Waals surface area contributed by atoms with Gasteiger partial charge in [0.1, 0.15) is 6.54 Å². The molecule has 2 aromatic rings. The highest BCUT2D eigenvalue weighted by Crippen LogP contribution is 2.24. The van der Waals surface area contributed by atoms with Crippen LogP contribution < -0.4 is 5.32 Å². The van der Waals surface area contributed by atoms with E-state index in [4.69, 9.17) is 0 Å². The largest absolute Gasteiger partial charge is 0.327 e. The summed E-state index contributed by atoms with van der Waals surface area (Å²) in [4.78, 5) is 28.4. The number of hydrogen-bond acceptors (Lipinski definition) is 6. The van der Waals surface area contributed by atoms with E-state index < -0.39 is 26.5 Å². The minimum absolute atomic E-state index is 0.0438. The van der Waals surface area contributed by atoms with E-state index in [0.717, 1.165) is 17.2 Å². The maximum absolute atomic E-state index is 12.8.